The molecular weight excluding hydrogens is 1410 g/mol. The molecule has 0 saturated carbocycles. The first-order valence-corrected chi connectivity index (χ1v) is 36.6. The molecule has 3 fully saturated rings. The number of nitrogens with one attached hydrogen (secondary N) is 4. The maximum Gasteiger partial charge on any atom is 0.188 e. The van der Waals surface area contributed by atoms with Gasteiger partial charge in [0, 0.05) is 151 Å². The fourth-order valence-electron chi connectivity index (χ4n) is 11.0. The van der Waals surface area contributed by atoms with Crippen LogP contribution in [-0.4, -0.2) is 210 Å². The molecule has 0 bridgehead atoms. The largest absolute Gasteiger partial charge is 0.395 e. The number of piperazine rings is 3. The quantitative estimate of drug-likeness (QED) is 0.0231. The van der Waals surface area contributed by atoms with Crippen molar-refractivity contribution in [1.29, 1.82) is 0 Å². The molecule has 3 aliphatic rings. The summed E-state index contributed by atoms with van der Waals surface area (Å²) in [6, 6.07) is 22.3. The zero-order valence-corrected chi connectivity index (χ0v) is 62.0. The summed E-state index contributed by atoms with van der Waals surface area (Å²) >= 11 is 28.5. The van der Waals surface area contributed by atoms with Crippen molar-refractivity contribution in [3.8, 4) is 0 Å². The average molecular weight is 1500 g/mol. The minimum atomic E-state index is -0.0290. The summed E-state index contributed by atoms with van der Waals surface area (Å²) in [6.07, 6.45) is 5.47. The topological polar surface area (TPSA) is 292 Å². The van der Waals surface area contributed by atoms with E-state index in [0.29, 0.717) is 105 Å². The molecule has 0 unspecified atom stereocenters. The van der Waals surface area contributed by atoms with E-state index < -0.39 is 0 Å². The molecule has 0 amide bonds. The molecule has 100 heavy (non-hydrogen) atoms. The van der Waals surface area contributed by atoms with Gasteiger partial charge >= 0.3 is 0 Å². The van der Waals surface area contributed by atoms with Gasteiger partial charge in [-0.05, 0) is 93.1 Å². The number of hydrogen-bond acceptors (Lipinski definition) is 27. The summed E-state index contributed by atoms with van der Waals surface area (Å²) in [4.78, 5) is 90.4. The highest BCUT2D eigenvalue weighted by molar-refractivity contribution is 7.18. The number of aryl methyl sites for hydroxylation is 6. The van der Waals surface area contributed by atoms with Gasteiger partial charge < -0.3 is 46.4 Å². The monoisotopic (exact) mass is 1490 g/mol. The van der Waals surface area contributed by atoms with Crippen LogP contribution in [0.3, 0.4) is 0 Å². The van der Waals surface area contributed by atoms with Gasteiger partial charge in [0.25, 0.3) is 0 Å². The second-order valence-electron chi connectivity index (χ2n) is 23.7. The van der Waals surface area contributed by atoms with Crippen molar-refractivity contribution in [2.45, 2.75) is 60.8 Å². The zero-order valence-electron chi connectivity index (χ0n) is 56.6. The number of benzene rings is 3. The SMILES string of the molecule is Cc1nc(Cl)cc(Nc2ncc(C(=O)Cc3c(C)cccc3Cl)s2)n1.Cc1nc(Nc2ncc(C(=O)Cc3c(C)cccc3Cl)s2)cc(N2CCN(CCO)CC2)n1.Cc1nc(Nc2ncc(C(=O)Cc3c(C)cccc3Cl)s2)cc(N2CCN(CCO)CC2)n1.OCCN1CCNCC1. The number of aliphatic hydroxyl groups is 3. The van der Waals surface area contributed by atoms with Gasteiger partial charge in [0.2, 0.25) is 0 Å². The second kappa shape index (κ2) is 38.1. The van der Waals surface area contributed by atoms with Crippen LogP contribution >= 0.6 is 80.4 Å². The Balaban J connectivity index is 0.000000166. The Bertz CT molecular complexity index is 3940. The fraction of sp³-hybridized carbons (Fsp3) is 0.391. The van der Waals surface area contributed by atoms with E-state index >= 15 is 0 Å². The first kappa shape index (κ1) is 76.9. The molecule has 24 nitrogen and oxygen atoms in total. The number of Topliss-reactive ketones (excluding diaryl/α,β-unsaturated/α-hetero) is 3. The summed E-state index contributed by atoms with van der Waals surface area (Å²) in [5.41, 5.74) is 5.54. The van der Waals surface area contributed by atoms with E-state index in [2.05, 4.69) is 90.6 Å². The number of halogens is 4. The number of β-amino-alcohol motifs (C(OH)–C–C–N with tert-alkyl or cyclic N) is 3. The number of hydrogen-bond donors (Lipinski definition) is 7. The lowest BCUT2D eigenvalue weighted by molar-refractivity contribution is 0.0988. The maximum atomic E-state index is 12.8. The van der Waals surface area contributed by atoms with Gasteiger partial charge in [0.1, 0.15) is 51.7 Å². The minimum absolute atomic E-state index is 0.0166. The van der Waals surface area contributed by atoms with E-state index in [9.17, 15) is 14.4 Å². The van der Waals surface area contributed by atoms with E-state index in [1.807, 2.05) is 83.1 Å². The molecule has 9 aromatic rings. The van der Waals surface area contributed by atoms with Crippen LogP contribution in [0.2, 0.25) is 20.2 Å². The third-order valence-electron chi connectivity index (χ3n) is 16.4. The zero-order chi connectivity index (χ0) is 71.2. The lowest BCUT2D eigenvalue weighted by Gasteiger charge is -2.35. The molecular formula is C69H82Cl4N18O6S3. The number of ketones is 3. The summed E-state index contributed by atoms with van der Waals surface area (Å²) in [7, 11) is 0. The van der Waals surface area contributed by atoms with E-state index in [4.69, 9.17) is 61.7 Å². The lowest BCUT2D eigenvalue weighted by atomic mass is 10.0. The average Bonchev–Trinajstić information content (AvgIpc) is 1.32. The highest BCUT2D eigenvalue weighted by Gasteiger charge is 2.23. The van der Waals surface area contributed by atoms with Gasteiger partial charge in [-0.15, -0.1) is 0 Å². The first-order valence-electron chi connectivity index (χ1n) is 32.6. The molecule has 12 rings (SSSR count). The van der Waals surface area contributed by atoms with Crippen molar-refractivity contribution in [3.63, 3.8) is 0 Å². The summed E-state index contributed by atoms with van der Waals surface area (Å²) in [5.74, 6) is 5.35. The highest BCUT2D eigenvalue weighted by Crippen LogP contribution is 2.31. The van der Waals surface area contributed by atoms with Crippen molar-refractivity contribution >= 4 is 142 Å². The summed E-state index contributed by atoms with van der Waals surface area (Å²) < 4.78 is 0. The molecule has 3 saturated heterocycles. The molecule has 31 heteroatoms. The van der Waals surface area contributed by atoms with Crippen LogP contribution in [0.4, 0.5) is 44.5 Å². The third-order valence-corrected chi connectivity index (χ3v) is 20.5. The van der Waals surface area contributed by atoms with Crippen LogP contribution in [0.15, 0.2) is 91.4 Å². The lowest BCUT2D eigenvalue weighted by Crippen LogP contribution is -2.47. The summed E-state index contributed by atoms with van der Waals surface area (Å²) in [6.45, 7) is 25.4. The molecule has 7 N–H and O–H groups in total. The van der Waals surface area contributed by atoms with Crippen molar-refractivity contribution in [2.75, 3.05) is 144 Å². The second-order valence-corrected chi connectivity index (χ2v) is 28.4. The van der Waals surface area contributed by atoms with Gasteiger partial charge in [-0.3, -0.25) is 29.1 Å². The third kappa shape index (κ3) is 22.8. The summed E-state index contributed by atoms with van der Waals surface area (Å²) in [5, 5.41) is 43.5. The van der Waals surface area contributed by atoms with Crippen LogP contribution < -0.4 is 31.1 Å². The number of thiazole rings is 3. The maximum absolute atomic E-state index is 12.8. The Morgan fingerprint density at radius 2 is 0.760 bits per heavy atom. The van der Waals surface area contributed by atoms with Crippen molar-refractivity contribution < 1.29 is 29.7 Å². The Morgan fingerprint density at radius 3 is 1.08 bits per heavy atom. The number of carbonyl (C=O) groups is 3. The molecule has 530 valence electrons. The normalized spacial score (nSPS) is 14.2. The van der Waals surface area contributed by atoms with E-state index in [1.54, 1.807) is 49.8 Å². The smallest absolute Gasteiger partial charge is 0.188 e. The van der Waals surface area contributed by atoms with Crippen molar-refractivity contribution in [1.82, 2.24) is 64.9 Å². The van der Waals surface area contributed by atoms with Crippen LogP contribution in [0.5, 0.6) is 0 Å². The first-order chi connectivity index (χ1) is 48.2. The molecule has 0 atom stereocenters. The Hall–Kier alpha value is -7.32. The van der Waals surface area contributed by atoms with E-state index in [-0.39, 0.29) is 49.8 Å². The fourth-order valence-corrected chi connectivity index (χ4v) is 14.4. The van der Waals surface area contributed by atoms with Crippen LogP contribution in [0.1, 0.15) is 79.9 Å². The minimum Gasteiger partial charge on any atom is -0.395 e. The Kier molecular flexibility index (Phi) is 29.3. The molecule has 6 aromatic heterocycles. The predicted octanol–water partition coefficient (Wildman–Crippen LogP) is 10.9. The van der Waals surface area contributed by atoms with Crippen LogP contribution in [0.25, 0.3) is 0 Å². The molecule has 3 aliphatic heterocycles. The van der Waals surface area contributed by atoms with Gasteiger partial charge in [-0.1, -0.05) is 117 Å². The number of carbonyl (C=O) groups excluding carboxylic acids is 3. The molecule has 0 spiro atoms. The van der Waals surface area contributed by atoms with E-state index in [1.165, 1.54) is 34.0 Å². The number of anilines is 8. The van der Waals surface area contributed by atoms with Gasteiger partial charge in [-0.2, -0.15) is 0 Å². The number of nitrogens with zero attached hydrogens (tertiary/aromatic N) is 14. The Morgan fingerprint density at radius 1 is 0.440 bits per heavy atom. The highest BCUT2D eigenvalue weighted by atomic mass is 35.5. The molecule has 9 heterocycles. The van der Waals surface area contributed by atoms with Crippen molar-refractivity contribution in [2.24, 2.45) is 0 Å². The van der Waals surface area contributed by atoms with Crippen LogP contribution in [-0.2, 0) is 19.3 Å². The molecule has 0 aliphatic carbocycles. The van der Waals surface area contributed by atoms with Gasteiger partial charge in [0.15, 0.2) is 32.7 Å². The molecule has 3 aromatic carbocycles. The standard InChI is InChI=1S/2C23H27ClN6O2S.C17H14Cl2N4OS.C6H14N2O/c2*1-15-4-3-5-18(24)17(15)12-19(32)20-14-25-23(33-20)28-21-13-22(27-16(2)26-21)30-8-6-29(7-9-30)10-11-31;1-9-4-3-5-12(18)11(9)6-13(24)14-8-20-17(25-14)23-16-7-15(19)21-10(2)22-16;9-6-5-8-3-1-7-2-4-8/h2*3-5,13-14,31H,6-12H2,1-2H3,(H,25,26,27,28);3-5,7-8H,6H2,1-2H3,(H,20,21,22,23);7,9H,1-6H2. The number of aliphatic hydroxyl groups excluding tert-OH is 3. The Labute approximate surface area is 614 Å². The predicted molar refractivity (Wildman–Crippen MR) is 402 cm³/mol. The van der Waals surface area contributed by atoms with E-state index in [0.717, 1.165) is 130 Å². The van der Waals surface area contributed by atoms with Gasteiger partial charge in [0.05, 0.1) is 53.0 Å². The van der Waals surface area contributed by atoms with Crippen molar-refractivity contribution in [3.05, 3.63) is 177 Å². The number of rotatable bonds is 23. The van der Waals surface area contributed by atoms with Crippen LogP contribution in [0, 0.1) is 41.5 Å². The number of aromatic nitrogens is 9. The molecule has 0 radical (unpaired) electrons. The van der Waals surface area contributed by atoms with Gasteiger partial charge in [-0.25, -0.2) is 44.9 Å².